The van der Waals surface area contributed by atoms with Gasteiger partial charge in [-0.1, -0.05) is 25.1 Å². The zero-order chi connectivity index (χ0) is 13.8. The Morgan fingerprint density at radius 1 is 1.37 bits per heavy atom. The van der Waals surface area contributed by atoms with Crippen LogP contribution in [-0.4, -0.2) is 44.7 Å². The Morgan fingerprint density at radius 2 is 2.11 bits per heavy atom. The second-order valence-corrected chi connectivity index (χ2v) is 5.69. The van der Waals surface area contributed by atoms with Gasteiger partial charge in [0.25, 0.3) is 0 Å². The summed E-state index contributed by atoms with van der Waals surface area (Å²) >= 11 is 0. The Kier molecular flexibility index (Phi) is 4.83. The Morgan fingerprint density at radius 3 is 2.74 bits per heavy atom. The molecule has 2 atom stereocenters. The van der Waals surface area contributed by atoms with Gasteiger partial charge in [0.15, 0.2) is 0 Å². The first-order valence-electron chi connectivity index (χ1n) is 7.37. The van der Waals surface area contributed by atoms with Gasteiger partial charge in [0.2, 0.25) is 0 Å². The van der Waals surface area contributed by atoms with Crippen molar-refractivity contribution in [2.24, 2.45) is 0 Å². The lowest BCUT2D eigenvalue weighted by atomic mass is 10.1. The zero-order valence-electron chi connectivity index (χ0n) is 12.7. The summed E-state index contributed by atoms with van der Waals surface area (Å²) in [6, 6.07) is 9.92. The number of anilines is 1. The molecule has 19 heavy (non-hydrogen) atoms. The van der Waals surface area contributed by atoms with Crippen molar-refractivity contribution in [1.82, 2.24) is 10.2 Å². The molecule has 1 aliphatic heterocycles. The number of para-hydroxylation sites is 1. The van der Waals surface area contributed by atoms with E-state index >= 15 is 0 Å². The molecule has 0 aromatic heterocycles. The molecule has 3 heteroatoms. The molecule has 1 fully saturated rings. The van der Waals surface area contributed by atoms with Crippen molar-refractivity contribution < 1.29 is 0 Å². The van der Waals surface area contributed by atoms with Gasteiger partial charge in [-0.05, 0) is 45.6 Å². The zero-order valence-corrected chi connectivity index (χ0v) is 12.7. The predicted molar refractivity (Wildman–Crippen MR) is 82.8 cm³/mol. The molecule has 1 N–H and O–H groups in total. The third kappa shape index (κ3) is 3.28. The second-order valence-electron chi connectivity index (χ2n) is 5.69. The lowest BCUT2D eigenvalue weighted by molar-refractivity contribution is 0.315. The van der Waals surface area contributed by atoms with Crippen LogP contribution in [0.4, 0.5) is 5.69 Å². The molecule has 106 valence electrons. The van der Waals surface area contributed by atoms with Crippen LogP contribution in [0.1, 0.15) is 31.9 Å². The van der Waals surface area contributed by atoms with Crippen LogP contribution in [0.3, 0.4) is 0 Å². The fraction of sp³-hybridized carbons (Fsp3) is 0.625. The lowest BCUT2D eigenvalue weighted by Crippen LogP contribution is -2.32. The van der Waals surface area contributed by atoms with E-state index < -0.39 is 0 Å². The fourth-order valence-electron chi connectivity index (χ4n) is 2.94. The molecule has 3 nitrogen and oxygen atoms in total. The molecule has 1 aromatic carbocycles. The van der Waals surface area contributed by atoms with Gasteiger partial charge in [0.05, 0.1) is 0 Å². The molecular weight excluding hydrogens is 234 g/mol. The van der Waals surface area contributed by atoms with Crippen LogP contribution in [0.5, 0.6) is 0 Å². The largest absolute Gasteiger partial charge is 0.370 e. The van der Waals surface area contributed by atoms with Gasteiger partial charge in [-0.25, -0.2) is 0 Å². The molecule has 1 aliphatic rings. The maximum atomic E-state index is 3.52. The third-order valence-corrected chi connectivity index (χ3v) is 4.15. The van der Waals surface area contributed by atoms with Crippen LogP contribution in [0, 0.1) is 0 Å². The first-order valence-corrected chi connectivity index (χ1v) is 7.37. The average molecular weight is 261 g/mol. The van der Waals surface area contributed by atoms with Crippen molar-refractivity contribution in [3.63, 3.8) is 0 Å². The summed E-state index contributed by atoms with van der Waals surface area (Å²) < 4.78 is 0. The highest BCUT2D eigenvalue weighted by atomic mass is 15.2. The maximum Gasteiger partial charge on any atom is 0.0415 e. The molecule has 2 rings (SSSR count). The Bertz CT molecular complexity index is 403. The Labute approximate surface area is 117 Å². The molecule has 0 aliphatic carbocycles. The molecule has 0 saturated carbocycles. The second kappa shape index (κ2) is 6.40. The maximum absolute atomic E-state index is 3.52. The van der Waals surface area contributed by atoms with E-state index in [1.54, 1.807) is 0 Å². The summed E-state index contributed by atoms with van der Waals surface area (Å²) in [7, 11) is 4.36. The van der Waals surface area contributed by atoms with Crippen molar-refractivity contribution >= 4 is 5.69 Å². The molecule has 0 bridgehead atoms. The van der Waals surface area contributed by atoms with E-state index in [1.807, 2.05) is 0 Å². The predicted octanol–water partition coefficient (Wildman–Crippen LogP) is 2.50. The van der Waals surface area contributed by atoms with Crippen LogP contribution < -0.4 is 10.2 Å². The lowest BCUT2D eigenvalue weighted by Gasteiger charge is -2.26. The number of nitrogens with zero attached hydrogens (tertiary/aromatic N) is 2. The van der Waals surface area contributed by atoms with Crippen molar-refractivity contribution in [2.75, 3.05) is 38.6 Å². The van der Waals surface area contributed by atoms with Crippen molar-refractivity contribution in [3.05, 3.63) is 29.8 Å². The molecule has 1 saturated heterocycles. The molecule has 0 amide bonds. The molecule has 2 unspecified atom stereocenters. The van der Waals surface area contributed by atoms with Crippen molar-refractivity contribution in [3.8, 4) is 0 Å². The Balaban J connectivity index is 2.16. The van der Waals surface area contributed by atoms with E-state index in [2.05, 4.69) is 67.3 Å². The molecular formula is C16H27N3. The quantitative estimate of drug-likeness (QED) is 0.878. The minimum Gasteiger partial charge on any atom is -0.370 e. The highest BCUT2D eigenvalue weighted by molar-refractivity contribution is 5.55. The minimum absolute atomic E-state index is 0.416. The summed E-state index contributed by atoms with van der Waals surface area (Å²) in [4.78, 5) is 4.88. The van der Waals surface area contributed by atoms with Crippen LogP contribution in [0.25, 0.3) is 0 Å². The summed E-state index contributed by atoms with van der Waals surface area (Å²) in [5.74, 6) is 0. The van der Waals surface area contributed by atoms with Gasteiger partial charge in [-0.15, -0.1) is 0 Å². The summed E-state index contributed by atoms with van der Waals surface area (Å²) in [6.45, 7) is 7.73. The molecule has 1 aromatic rings. The minimum atomic E-state index is 0.416. The molecule has 0 radical (unpaired) electrons. The highest BCUT2D eigenvalue weighted by Crippen LogP contribution is 2.29. The summed E-state index contributed by atoms with van der Waals surface area (Å²) in [5.41, 5.74) is 2.82. The smallest absolute Gasteiger partial charge is 0.0415 e. The van der Waals surface area contributed by atoms with E-state index in [0.717, 1.165) is 13.1 Å². The van der Waals surface area contributed by atoms with Crippen LogP contribution in [0.15, 0.2) is 24.3 Å². The number of benzene rings is 1. The summed E-state index contributed by atoms with van der Waals surface area (Å²) in [5, 5.41) is 3.52. The number of hydrogen-bond donors (Lipinski definition) is 1. The SMILES string of the molecule is CCNC(C)c1ccccc1N1CCC(N(C)C)C1. The van der Waals surface area contributed by atoms with E-state index in [1.165, 1.54) is 24.2 Å². The first-order chi connectivity index (χ1) is 9.13. The van der Waals surface area contributed by atoms with Gasteiger partial charge >= 0.3 is 0 Å². The standard InChI is InChI=1S/C16H27N3/c1-5-17-13(2)15-8-6-7-9-16(15)19-11-10-14(12-19)18(3)4/h6-9,13-14,17H,5,10-12H2,1-4H3. The van der Waals surface area contributed by atoms with Gasteiger partial charge in [-0.2, -0.15) is 0 Å². The highest BCUT2D eigenvalue weighted by Gasteiger charge is 2.26. The number of hydrogen-bond acceptors (Lipinski definition) is 3. The van der Waals surface area contributed by atoms with E-state index in [4.69, 9.17) is 0 Å². The van der Waals surface area contributed by atoms with Crippen molar-refractivity contribution in [1.29, 1.82) is 0 Å². The van der Waals surface area contributed by atoms with Crippen LogP contribution in [0.2, 0.25) is 0 Å². The van der Waals surface area contributed by atoms with Crippen molar-refractivity contribution in [2.45, 2.75) is 32.4 Å². The Hall–Kier alpha value is -1.06. The van der Waals surface area contributed by atoms with Gasteiger partial charge in [0.1, 0.15) is 0 Å². The van der Waals surface area contributed by atoms with Crippen LogP contribution in [-0.2, 0) is 0 Å². The number of likely N-dealkylation sites (N-methyl/N-ethyl adjacent to an activating group) is 1. The van der Waals surface area contributed by atoms with Gasteiger partial charge in [0, 0.05) is 30.9 Å². The topological polar surface area (TPSA) is 18.5 Å². The monoisotopic (exact) mass is 261 g/mol. The average Bonchev–Trinajstić information content (AvgIpc) is 2.88. The van der Waals surface area contributed by atoms with E-state index in [-0.39, 0.29) is 0 Å². The first kappa shape index (κ1) is 14.4. The normalized spacial score (nSPS) is 21.1. The van der Waals surface area contributed by atoms with E-state index in [0.29, 0.717) is 12.1 Å². The number of nitrogens with one attached hydrogen (secondary N) is 1. The third-order valence-electron chi connectivity index (χ3n) is 4.15. The summed E-state index contributed by atoms with van der Waals surface area (Å²) in [6.07, 6.45) is 1.26. The van der Waals surface area contributed by atoms with E-state index in [9.17, 15) is 0 Å². The van der Waals surface area contributed by atoms with Gasteiger partial charge < -0.3 is 15.1 Å². The fourth-order valence-corrected chi connectivity index (χ4v) is 2.94. The molecule has 1 heterocycles. The van der Waals surface area contributed by atoms with Gasteiger partial charge in [-0.3, -0.25) is 0 Å². The molecule has 0 spiro atoms. The van der Waals surface area contributed by atoms with Crippen LogP contribution >= 0.6 is 0 Å². The number of rotatable bonds is 5.